The van der Waals surface area contributed by atoms with E-state index in [-0.39, 0.29) is 11.7 Å². The molecule has 4 heteroatoms. The van der Waals surface area contributed by atoms with Crippen LogP contribution in [0.5, 0.6) is 0 Å². The number of amides is 1. The first-order valence-electron chi connectivity index (χ1n) is 9.04. The van der Waals surface area contributed by atoms with E-state index < -0.39 is 0 Å². The van der Waals surface area contributed by atoms with Crippen LogP contribution in [0.2, 0.25) is 0 Å². The molecule has 2 atom stereocenters. The second kappa shape index (κ2) is 6.03. The normalized spacial score (nSPS) is 34.0. The van der Waals surface area contributed by atoms with Crippen LogP contribution in [0.15, 0.2) is 0 Å². The first-order valence-corrected chi connectivity index (χ1v) is 9.04. The number of nitrogens with zero attached hydrogens (tertiary/aromatic N) is 2. The molecule has 2 saturated heterocycles. The summed E-state index contributed by atoms with van der Waals surface area (Å²) in [6.45, 7) is 12.6. The minimum Gasteiger partial charge on any atom is -0.444 e. The third kappa shape index (κ3) is 3.58. The van der Waals surface area contributed by atoms with E-state index in [9.17, 15) is 4.79 Å². The van der Waals surface area contributed by atoms with Gasteiger partial charge in [-0.25, -0.2) is 4.79 Å². The van der Waals surface area contributed by atoms with E-state index >= 15 is 0 Å². The first-order chi connectivity index (χ1) is 10.3. The molecule has 2 heterocycles. The van der Waals surface area contributed by atoms with Crippen molar-refractivity contribution in [3.63, 3.8) is 0 Å². The molecule has 1 aliphatic carbocycles. The molecule has 2 aliphatic heterocycles. The van der Waals surface area contributed by atoms with Crippen molar-refractivity contribution in [3.05, 3.63) is 0 Å². The molecular weight excluding hydrogens is 276 g/mol. The highest BCUT2D eigenvalue weighted by molar-refractivity contribution is 5.68. The van der Waals surface area contributed by atoms with Gasteiger partial charge in [0.25, 0.3) is 0 Å². The van der Waals surface area contributed by atoms with Gasteiger partial charge < -0.3 is 14.5 Å². The molecule has 0 radical (unpaired) electrons. The number of ether oxygens (including phenoxy) is 1. The smallest absolute Gasteiger partial charge is 0.410 e. The quantitative estimate of drug-likeness (QED) is 0.744. The molecule has 0 aromatic rings. The third-order valence-corrected chi connectivity index (χ3v) is 5.71. The molecule has 4 nitrogen and oxygen atoms in total. The van der Waals surface area contributed by atoms with Crippen LogP contribution in [0.1, 0.15) is 53.4 Å². The molecule has 0 bridgehead atoms. The number of carbonyl (C=O) groups excluding carboxylic acids is 1. The molecular formula is C18H32N2O2. The summed E-state index contributed by atoms with van der Waals surface area (Å²) in [5.41, 5.74) is -0.387. The van der Waals surface area contributed by atoms with E-state index in [0.717, 1.165) is 25.0 Å². The Labute approximate surface area is 135 Å². The lowest BCUT2D eigenvalue weighted by Gasteiger charge is -2.35. The van der Waals surface area contributed by atoms with Crippen molar-refractivity contribution < 1.29 is 9.53 Å². The number of hydrogen-bond acceptors (Lipinski definition) is 3. The molecule has 3 fully saturated rings. The molecule has 0 N–H and O–H groups in total. The lowest BCUT2D eigenvalue weighted by atomic mass is 9.97. The van der Waals surface area contributed by atoms with Gasteiger partial charge >= 0.3 is 6.09 Å². The lowest BCUT2D eigenvalue weighted by Crippen LogP contribution is -2.41. The summed E-state index contributed by atoms with van der Waals surface area (Å²) >= 11 is 0. The molecule has 22 heavy (non-hydrogen) atoms. The van der Waals surface area contributed by atoms with Crippen LogP contribution < -0.4 is 0 Å². The third-order valence-electron chi connectivity index (χ3n) is 5.71. The van der Waals surface area contributed by atoms with Crippen LogP contribution in [0, 0.1) is 17.8 Å². The van der Waals surface area contributed by atoms with E-state index in [4.69, 9.17) is 4.74 Å². The van der Waals surface area contributed by atoms with Crippen molar-refractivity contribution in [2.75, 3.05) is 26.2 Å². The molecule has 3 aliphatic rings. The highest BCUT2D eigenvalue weighted by Crippen LogP contribution is 2.41. The number of piperidine rings is 1. The maximum Gasteiger partial charge on any atom is 0.410 e. The van der Waals surface area contributed by atoms with Crippen molar-refractivity contribution in [2.24, 2.45) is 17.8 Å². The largest absolute Gasteiger partial charge is 0.444 e. The van der Waals surface area contributed by atoms with Gasteiger partial charge in [-0.2, -0.15) is 0 Å². The Bertz CT molecular complexity index is 396. The van der Waals surface area contributed by atoms with E-state index in [2.05, 4.69) is 11.8 Å². The van der Waals surface area contributed by atoms with Gasteiger partial charge in [0.2, 0.25) is 0 Å². The fraction of sp³-hybridized carbons (Fsp3) is 0.944. The zero-order valence-corrected chi connectivity index (χ0v) is 14.7. The van der Waals surface area contributed by atoms with Gasteiger partial charge in [0.05, 0.1) is 0 Å². The number of fused-ring (bicyclic) bond motifs is 1. The molecule has 0 aromatic carbocycles. The van der Waals surface area contributed by atoms with Crippen LogP contribution in [-0.2, 0) is 4.74 Å². The van der Waals surface area contributed by atoms with Crippen molar-refractivity contribution in [1.82, 2.24) is 9.80 Å². The number of hydrogen-bond donors (Lipinski definition) is 0. The van der Waals surface area contributed by atoms with E-state index in [1.54, 1.807) is 0 Å². The van der Waals surface area contributed by atoms with E-state index in [1.165, 1.54) is 38.8 Å². The molecule has 0 aromatic heterocycles. The average molecular weight is 308 g/mol. The minimum atomic E-state index is -0.387. The predicted molar refractivity (Wildman–Crippen MR) is 87.8 cm³/mol. The summed E-state index contributed by atoms with van der Waals surface area (Å²) in [4.78, 5) is 16.9. The molecule has 126 valence electrons. The Balaban J connectivity index is 1.49. The zero-order valence-electron chi connectivity index (χ0n) is 14.7. The second-order valence-electron chi connectivity index (χ2n) is 8.75. The number of carbonyl (C=O) groups is 1. The Kier molecular flexibility index (Phi) is 4.41. The van der Waals surface area contributed by atoms with Gasteiger partial charge in [-0.3, -0.25) is 0 Å². The summed E-state index contributed by atoms with van der Waals surface area (Å²) in [5.74, 6) is 2.29. The van der Waals surface area contributed by atoms with Gasteiger partial charge in [0, 0.05) is 19.1 Å². The molecule has 0 spiro atoms. The van der Waals surface area contributed by atoms with Crippen LogP contribution in [0.4, 0.5) is 4.79 Å². The lowest BCUT2D eigenvalue weighted by molar-refractivity contribution is 0.0271. The Morgan fingerprint density at radius 2 is 1.59 bits per heavy atom. The van der Waals surface area contributed by atoms with Gasteiger partial charge in [-0.05, 0) is 77.3 Å². The van der Waals surface area contributed by atoms with E-state index in [0.29, 0.717) is 11.8 Å². The Morgan fingerprint density at radius 3 is 2.09 bits per heavy atom. The molecule has 2 unspecified atom stereocenters. The van der Waals surface area contributed by atoms with Crippen LogP contribution in [-0.4, -0.2) is 53.7 Å². The highest BCUT2D eigenvalue weighted by atomic mass is 16.6. The summed E-state index contributed by atoms with van der Waals surface area (Å²) in [7, 11) is 0. The van der Waals surface area contributed by atoms with Gasteiger partial charge in [0.1, 0.15) is 5.60 Å². The maximum atomic E-state index is 12.2. The molecule has 1 saturated carbocycles. The standard InChI is InChI=1S/C18H32N2O2/c1-13-5-7-19(8-6-13)16-9-14-11-20(12-15(14)10-16)17(21)22-18(2,3)4/h13-16H,5-12H2,1-4H3. The topological polar surface area (TPSA) is 32.8 Å². The van der Waals surface area contributed by atoms with Gasteiger partial charge in [-0.1, -0.05) is 6.92 Å². The van der Waals surface area contributed by atoms with Gasteiger partial charge in [0.15, 0.2) is 0 Å². The first kappa shape index (κ1) is 16.1. The predicted octanol–water partition coefficient (Wildman–Crippen LogP) is 3.36. The number of rotatable bonds is 1. The monoisotopic (exact) mass is 308 g/mol. The van der Waals surface area contributed by atoms with Crippen molar-refractivity contribution in [2.45, 2.75) is 65.0 Å². The second-order valence-corrected chi connectivity index (χ2v) is 8.75. The van der Waals surface area contributed by atoms with Crippen molar-refractivity contribution >= 4 is 6.09 Å². The Hall–Kier alpha value is -0.770. The highest BCUT2D eigenvalue weighted by Gasteiger charge is 2.45. The summed E-state index contributed by atoms with van der Waals surface area (Å²) in [6.07, 6.45) is 5.15. The minimum absolute atomic E-state index is 0.120. The van der Waals surface area contributed by atoms with Crippen molar-refractivity contribution in [1.29, 1.82) is 0 Å². The van der Waals surface area contributed by atoms with E-state index in [1.807, 2.05) is 25.7 Å². The average Bonchev–Trinajstić information content (AvgIpc) is 2.95. The Morgan fingerprint density at radius 1 is 1.05 bits per heavy atom. The van der Waals surface area contributed by atoms with Crippen LogP contribution >= 0.6 is 0 Å². The van der Waals surface area contributed by atoms with Crippen LogP contribution in [0.3, 0.4) is 0 Å². The van der Waals surface area contributed by atoms with Crippen LogP contribution in [0.25, 0.3) is 0 Å². The summed E-state index contributed by atoms with van der Waals surface area (Å²) in [6, 6.07) is 0.767. The summed E-state index contributed by atoms with van der Waals surface area (Å²) in [5, 5.41) is 0. The maximum absolute atomic E-state index is 12.2. The number of likely N-dealkylation sites (tertiary alicyclic amines) is 2. The fourth-order valence-electron chi connectivity index (χ4n) is 4.44. The fourth-order valence-corrected chi connectivity index (χ4v) is 4.44. The van der Waals surface area contributed by atoms with Crippen molar-refractivity contribution in [3.8, 4) is 0 Å². The molecule has 1 amide bonds. The zero-order chi connectivity index (χ0) is 15.9. The summed E-state index contributed by atoms with van der Waals surface area (Å²) < 4.78 is 5.52. The molecule has 3 rings (SSSR count). The SMILES string of the molecule is CC1CCN(C2CC3CN(C(=O)OC(C)(C)C)CC3C2)CC1. The van der Waals surface area contributed by atoms with Gasteiger partial charge in [-0.15, -0.1) is 0 Å².